The fraction of sp³-hybridized carbons (Fsp3) is 0.333. The quantitative estimate of drug-likeness (QED) is 0.585. The van der Waals surface area contributed by atoms with Crippen LogP contribution in [0.1, 0.15) is 23.2 Å². The van der Waals surface area contributed by atoms with Gasteiger partial charge in [0.15, 0.2) is 5.03 Å². The SMILES string of the molecule is Cc1ccccc1-c1nc(CS(=O)(=O)c2cccc(N3C[C@@H]4C[C@H]3CN4)n2)ccc1C(F)(F)F. The lowest BCUT2D eigenvalue weighted by molar-refractivity contribution is -0.137. The molecule has 2 saturated heterocycles. The summed E-state index contributed by atoms with van der Waals surface area (Å²) in [5.74, 6) is 0.0460. The van der Waals surface area contributed by atoms with Crippen molar-refractivity contribution in [1.29, 1.82) is 0 Å². The second-order valence-corrected chi connectivity index (χ2v) is 10.7. The molecule has 2 aromatic heterocycles. The van der Waals surface area contributed by atoms with Crippen molar-refractivity contribution in [2.24, 2.45) is 0 Å². The number of halogens is 3. The molecule has 178 valence electrons. The van der Waals surface area contributed by atoms with Gasteiger partial charge in [-0.3, -0.25) is 4.98 Å². The molecule has 0 spiro atoms. The van der Waals surface area contributed by atoms with E-state index >= 15 is 0 Å². The van der Waals surface area contributed by atoms with E-state index in [0.717, 1.165) is 31.6 Å². The highest BCUT2D eigenvalue weighted by Crippen LogP contribution is 2.37. The third-order valence-corrected chi connectivity index (χ3v) is 7.92. The summed E-state index contributed by atoms with van der Waals surface area (Å²) in [6, 6.07) is 14.1. The van der Waals surface area contributed by atoms with E-state index in [1.54, 1.807) is 43.3 Å². The molecule has 2 aliphatic rings. The summed E-state index contributed by atoms with van der Waals surface area (Å²) in [6.07, 6.45) is -3.63. The van der Waals surface area contributed by atoms with E-state index in [0.29, 0.717) is 23.0 Å². The number of hydrogen-bond acceptors (Lipinski definition) is 6. The summed E-state index contributed by atoms with van der Waals surface area (Å²) in [4.78, 5) is 10.7. The lowest BCUT2D eigenvalue weighted by Gasteiger charge is -2.28. The van der Waals surface area contributed by atoms with E-state index in [1.807, 2.05) is 0 Å². The van der Waals surface area contributed by atoms with E-state index in [2.05, 4.69) is 20.2 Å². The fourth-order valence-electron chi connectivity index (χ4n) is 4.70. The van der Waals surface area contributed by atoms with Gasteiger partial charge in [0.05, 0.1) is 22.7 Å². The summed E-state index contributed by atoms with van der Waals surface area (Å²) >= 11 is 0. The molecule has 34 heavy (non-hydrogen) atoms. The highest BCUT2D eigenvalue weighted by Gasteiger charge is 2.38. The molecule has 5 rings (SSSR count). The van der Waals surface area contributed by atoms with Gasteiger partial charge in [0.25, 0.3) is 0 Å². The average molecular weight is 489 g/mol. The van der Waals surface area contributed by atoms with Crippen molar-refractivity contribution in [1.82, 2.24) is 15.3 Å². The lowest BCUT2D eigenvalue weighted by Crippen LogP contribution is -2.44. The molecule has 2 bridgehead atoms. The first-order valence-corrected chi connectivity index (χ1v) is 12.6. The molecule has 2 atom stereocenters. The Morgan fingerprint density at radius 1 is 1.06 bits per heavy atom. The molecule has 0 aliphatic carbocycles. The Balaban J connectivity index is 1.48. The molecular weight excluding hydrogens is 465 g/mol. The second-order valence-electron chi connectivity index (χ2n) is 8.75. The number of nitrogens with zero attached hydrogens (tertiary/aromatic N) is 3. The Bertz CT molecular complexity index is 1340. The average Bonchev–Trinajstić information content (AvgIpc) is 3.42. The van der Waals surface area contributed by atoms with Gasteiger partial charge in [-0.2, -0.15) is 13.2 Å². The Morgan fingerprint density at radius 2 is 1.85 bits per heavy atom. The van der Waals surface area contributed by atoms with Gasteiger partial charge in [-0.15, -0.1) is 0 Å². The number of fused-ring (bicyclic) bond motifs is 2. The monoisotopic (exact) mass is 488 g/mol. The number of aryl methyl sites for hydroxylation is 1. The Hall–Kier alpha value is -2.98. The molecule has 6 nitrogen and oxygen atoms in total. The van der Waals surface area contributed by atoms with E-state index < -0.39 is 27.3 Å². The third-order valence-electron chi connectivity index (χ3n) is 6.37. The van der Waals surface area contributed by atoms with Crippen LogP contribution in [0.5, 0.6) is 0 Å². The van der Waals surface area contributed by atoms with Gasteiger partial charge in [-0.1, -0.05) is 30.3 Å². The molecule has 1 aromatic carbocycles. The van der Waals surface area contributed by atoms with Crippen LogP contribution in [0.3, 0.4) is 0 Å². The second kappa shape index (κ2) is 8.35. The molecule has 0 radical (unpaired) electrons. The molecule has 4 heterocycles. The van der Waals surface area contributed by atoms with Gasteiger partial charge in [0, 0.05) is 30.7 Å². The molecule has 2 fully saturated rings. The Kier molecular flexibility index (Phi) is 5.60. The minimum Gasteiger partial charge on any atom is -0.351 e. The first kappa shape index (κ1) is 22.8. The highest BCUT2D eigenvalue weighted by atomic mass is 32.2. The summed E-state index contributed by atoms with van der Waals surface area (Å²) in [5.41, 5.74) is -0.222. The standard InChI is InChI=1S/C24H23F3N4O2S/c1-15-5-2-3-6-19(15)23-20(24(25,26)27)10-9-16(29-23)14-34(32,33)22-8-4-7-21(30-22)31-13-17-11-18(31)12-28-17/h2-10,17-18,28H,11-14H2,1H3/t17-,18-/m0/s1. The number of pyridine rings is 2. The van der Waals surface area contributed by atoms with Gasteiger partial charge in [-0.25, -0.2) is 13.4 Å². The minimum absolute atomic E-state index is 0.0304. The van der Waals surface area contributed by atoms with E-state index in [4.69, 9.17) is 0 Å². The van der Waals surface area contributed by atoms with Crippen LogP contribution in [0.4, 0.5) is 19.0 Å². The number of hydrogen-bond donors (Lipinski definition) is 1. The molecular formula is C24H23F3N4O2S. The zero-order chi connectivity index (χ0) is 24.1. The lowest BCUT2D eigenvalue weighted by atomic mass is 10.0. The van der Waals surface area contributed by atoms with Gasteiger partial charge >= 0.3 is 6.18 Å². The van der Waals surface area contributed by atoms with E-state index in [9.17, 15) is 21.6 Å². The summed E-state index contributed by atoms with van der Waals surface area (Å²) in [5, 5.41) is 3.28. The zero-order valence-electron chi connectivity index (χ0n) is 18.4. The van der Waals surface area contributed by atoms with Crippen LogP contribution in [-0.4, -0.2) is 43.6 Å². The van der Waals surface area contributed by atoms with Crippen LogP contribution >= 0.6 is 0 Å². The number of alkyl halides is 3. The molecule has 0 unspecified atom stereocenters. The number of piperazine rings is 1. The topological polar surface area (TPSA) is 75.2 Å². The maximum absolute atomic E-state index is 13.7. The van der Waals surface area contributed by atoms with Crippen LogP contribution in [0.15, 0.2) is 59.6 Å². The minimum atomic E-state index is -4.62. The van der Waals surface area contributed by atoms with Crippen molar-refractivity contribution in [3.05, 3.63) is 71.4 Å². The maximum Gasteiger partial charge on any atom is 0.418 e. The highest BCUT2D eigenvalue weighted by molar-refractivity contribution is 7.90. The van der Waals surface area contributed by atoms with Crippen molar-refractivity contribution in [3.63, 3.8) is 0 Å². The normalized spacial score (nSPS) is 20.2. The number of aromatic nitrogens is 2. The van der Waals surface area contributed by atoms with Crippen molar-refractivity contribution in [2.75, 3.05) is 18.0 Å². The van der Waals surface area contributed by atoms with E-state index in [-0.39, 0.29) is 22.5 Å². The number of benzene rings is 1. The molecule has 0 saturated carbocycles. The summed E-state index contributed by atoms with van der Waals surface area (Å²) in [6.45, 7) is 3.29. The fourth-order valence-corrected chi connectivity index (χ4v) is 5.92. The molecule has 3 aromatic rings. The van der Waals surface area contributed by atoms with Crippen molar-refractivity contribution in [2.45, 2.75) is 42.4 Å². The number of anilines is 1. The third kappa shape index (κ3) is 4.27. The molecule has 10 heteroatoms. The summed E-state index contributed by atoms with van der Waals surface area (Å²) < 4.78 is 67.4. The van der Waals surface area contributed by atoms with Crippen molar-refractivity contribution in [3.8, 4) is 11.3 Å². The predicted octanol–water partition coefficient (Wildman–Crippen LogP) is 4.00. The largest absolute Gasteiger partial charge is 0.418 e. The van der Waals surface area contributed by atoms with Crippen molar-refractivity contribution < 1.29 is 21.6 Å². The first-order chi connectivity index (χ1) is 16.1. The molecule has 0 amide bonds. The number of nitrogens with one attached hydrogen (secondary N) is 1. The zero-order valence-corrected chi connectivity index (χ0v) is 19.2. The Labute approximate surface area is 195 Å². The smallest absolute Gasteiger partial charge is 0.351 e. The van der Waals surface area contributed by atoms with Gasteiger partial charge in [0.1, 0.15) is 5.82 Å². The first-order valence-electron chi connectivity index (χ1n) is 10.9. The van der Waals surface area contributed by atoms with E-state index in [1.165, 1.54) is 6.07 Å². The van der Waals surface area contributed by atoms with Crippen LogP contribution in [0, 0.1) is 6.92 Å². The maximum atomic E-state index is 13.7. The van der Waals surface area contributed by atoms with Crippen LogP contribution < -0.4 is 10.2 Å². The van der Waals surface area contributed by atoms with Gasteiger partial charge in [0.2, 0.25) is 9.84 Å². The van der Waals surface area contributed by atoms with Crippen LogP contribution in [-0.2, 0) is 21.8 Å². The molecule has 2 aliphatic heterocycles. The number of sulfone groups is 1. The van der Waals surface area contributed by atoms with Crippen LogP contribution in [0.25, 0.3) is 11.3 Å². The van der Waals surface area contributed by atoms with Crippen LogP contribution in [0.2, 0.25) is 0 Å². The van der Waals surface area contributed by atoms with Crippen molar-refractivity contribution >= 4 is 15.7 Å². The van der Waals surface area contributed by atoms with Gasteiger partial charge < -0.3 is 10.2 Å². The summed E-state index contributed by atoms with van der Waals surface area (Å²) in [7, 11) is -3.93. The Morgan fingerprint density at radius 3 is 2.53 bits per heavy atom. The van der Waals surface area contributed by atoms with Gasteiger partial charge in [-0.05, 0) is 43.2 Å². The molecule has 1 N–H and O–H groups in total. The predicted molar refractivity (Wildman–Crippen MR) is 122 cm³/mol. The number of rotatable bonds is 5.